The molecule has 2 N–H and O–H groups in total. The predicted octanol–water partition coefficient (Wildman–Crippen LogP) is 0.335. The highest BCUT2D eigenvalue weighted by molar-refractivity contribution is 5.68. The molecule has 8 heavy (non-hydrogen) atoms. The van der Waals surface area contributed by atoms with Gasteiger partial charge < -0.3 is 10.2 Å². The SMILES string of the molecule is CC(C)C(=O)O.CO. The number of hydrogen-bond acceptors (Lipinski definition) is 2. The summed E-state index contributed by atoms with van der Waals surface area (Å²) < 4.78 is 0. The van der Waals surface area contributed by atoms with Gasteiger partial charge in [-0.1, -0.05) is 13.8 Å². The van der Waals surface area contributed by atoms with Crippen molar-refractivity contribution >= 4 is 5.97 Å². The Morgan fingerprint density at radius 3 is 1.50 bits per heavy atom. The van der Waals surface area contributed by atoms with Gasteiger partial charge >= 0.3 is 5.97 Å². The van der Waals surface area contributed by atoms with E-state index in [4.69, 9.17) is 10.2 Å². The third-order valence-corrected chi connectivity index (χ3v) is 0.494. The van der Waals surface area contributed by atoms with Gasteiger partial charge in [0.15, 0.2) is 0 Å². The molecule has 0 atom stereocenters. The molecule has 0 rings (SSSR count). The molecule has 0 aliphatic rings. The predicted molar refractivity (Wildman–Crippen MR) is 30.6 cm³/mol. The topological polar surface area (TPSA) is 57.5 Å². The first-order valence-corrected chi connectivity index (χ1v) is 2.32. The summed E-state index contributed by atoms with van der Waals surface area (Å²) in [6.45, 7) is 3.28. The van der Waals surface area contributed by atoms with Gasteiger partial charge in [-0.25, -0.2) is 0 Å². The van der Waals surface area contributed by atoms with Gasteiger partial charge in [-0.05, 0) is 0 Å². The Morgan fingerprint density at radius 2 is 1.50 bits per heavy atom. The zero-order chi connectivity index (χ0) is 7.15. The van der Waals surface area contributed by atoms with Crippen LogP contribution in [0.25, 0.3) is 0 Å². The molecule has 0 saturated carbocycles. The lowest BCUT2D eigenvalue weighted by molar-refractivity contribution is -0.140. The third-order valence-electron chi connectivity index (χ3n) is 0.494. The van der Waals surface area contributed by atoms with Crippen molar-refractivity contribution in [3.63, 3.8) is 0 Å². The average Bonchev–Trinajstić information content (AvgIpc) is 1.72. The summed E-state index contributed by atoms with van der Waals surface area (Å²) in [5.41, 5.74) is 0. The molecule has 50 valence electrons. The molecule has 0 fully saturated rings. The van der Waals surface area contributed by atoms with Crippen molar-refractivity contribution in [3.05, 3.63) is 0 Å². The number of carboxylic acids is 1. The number of aliphatic hydroxyl groups is 1. The quantitative estimate of drug-likeness (QED) is 0.524. The molecule has 0 amide bonds. The molecule has 0 saturated heterocycles. The Hall–Kier alpha value is -0.570. The van der Waals surface area contributed by atoms with Crippen LogP contribution in [-0.4, -0.2) is 23.3 Å². The molecule has 3 nitrogen and oxygen atoms in total. The second-order valence-corrected chi connectivity index (χ2v) is 1.49. The van der Waals surface area contributed by atoms with E-state index in [2.05, 4.69) is 0 Å². The van der Waals surface area contributed by atoms with E-state index in [1.54, 1.807) is 13.8 Å². The number of hydrogen-bond donors (Lipinski definition) is 2. The molecule has 0 bridgehead atoms. The summed E-state index contributed by atoms with van der Waals surface area (Å²) in [6.07, 6.45) is 0. The highest BCUT2D eigenvalue weighted by atomic mass is 16.4. The van der Waals surface area contributed by atoms with Crippen LogP contribution in [0.3, 0.4) is 0 Å². The lowest BCUT2D eigenvalue weighted by Gasteiger charge is -1.89. The molecule has 0 aromatic heterocycles. The Morgan fingerprint density at radius 1 is 1.38 bits per heavy atom. The Bertz CT molecular complexity index is 58.7. The van der Waals surface area contributed by atoms with Gasteiger partial charge in [0, 0.05) is 7.11 Å². The van der Waals surface area contributed by atoms with E-state index >= 15 is 0 Å². The van der Waals surface area contributed by atoms with Gasteiger partial charge in [-0.15, -0.1) is 0 Å². The summed E-state index contributed by atoms with van der Waals surface area (Å²) in [5, 5.41) is 15.0. The summed E-state index contributed by atoms with van der Waals surface area (Å²) in [4.78, 5) is 9.70. The van der Waals surface area contributed by atoms with Gasteiger partial charge in [-0.3, -0.25) is 4.79 Å². The van der Waals surface area contributed by atoms with E-state index in [1.165, 1.54) is 0 Å². The zero-order valence-corrected chi connectivity index (χ0v) is 5.38. The van der Waals surface area contributed by atoms with Crippen LogP contribution in [0.2, 0.25) is 0 Å². The van der Waals surface area contributed by atoms with Crippen molar-refractivity contribution in [2.75, 3.05) is 7.11 Å². The summed E-state index contributed by atoms with van der Waals surface area (Å²) in [5.74, 6) is -0.972. The molecule has 0 aliphatic heterocycles. The minimum absolute atomic E-state index is 0.231. The van der Waals surface area contributed by atoms with E-state index in [-0.39, 0.29) is 5.92 Å². The first-order valence-electron chi connectivity index (χ1n) is 2.32. The molecule has 0 radical (unpaired) electrons. The monoisotopic (exact) mass is 120 g/mol. The summed E-state index contributed by atoms with van der Waals surface area (Å²) in [6, 6.07) is 0. The van der Waals surface area contributed by atoms with Crippen LogP contribution in [0.5, 0.6) is 0 Å². The zero-order valence-electron chi connectivity index (χ0n) is 5.38. The minimum Gasteiger partial charge on any atom is -0.481 e. The lowest BCUT2D eigenvalue weighted by Crippen LogP contribution is -2.03. The Labute approximate surface area is 49.0 Å². The molecule has 3 heteroatoms. The molecule has 0 aromatic carbocycles. The number of carbonyl (C=O) groups is 1. The normalized spacial score (nSPS) is 7.62. The molecular weight excluding hydrogens is 108 g/mol. The van der Waals surface area contributed by atoms with Crippen LogP contribution in [0.1, 0.15) is 13.8 Å². The second kappa shape index (κ2) is 6.43. The maximum Gasteiger partial charge on any atom is 0.305 e. The van der Waals surface area contributed by atoms with Crippen LogP contribution in [-0.2, 0) is 4.79 Å². The molecule has 0 unspecified atom stereocenters. The van der Waals surface area contributed by atoms with Crippen molar-refractivity contribution in [2.45, 2.75) is 13.8 Å². The Kier molecular flexibility index (Phi) is 8.37. The standard InChI is InChI=1S/C4H8O2.CH4O/c1-3(2)4(5)6;1-2/h3H,1-2H3,(H,5,6);2H,1H3. The van der Waals surface area contributed by atoms with E-state index in [0.717, 1.165) is 7.11 Å². The van der Waals surface area contributed by atoms with Crippen LogP contribution in [0, 0.1) is 5.92 Å². The minimum atomic E-state index is -0.741. The first-order chi connectivity index (χ1) is 3.64. The van der Waals surface area contributed by atoms with Crippen molar-refractivity contribution in [2.24, 2.45) is 5.92 Å². The highest BCUT2D eigenvalue weighted by Crippen LogP contribution is 1.87. The molecule has 0 heterocycles. The van der Waals surface area contributed by atoms with Gasteiger partial charge in [-0.2, -0.15) is 0 Å². The molecule has 0 aromatic rings. The van der Waals surface area contributed by atoms with Gasteiger partial charge in [0.2, 0.25) is 0 Å². The summed E-state index contributed by atoms with van der Waals surface area (Å²) in [7, 11) is 1.00. The molecule has 0 spiro atoms. The summed E-state index contributed by atoms with van der Waals surface area (Å²) >= 11 is 0. The van der Waals surface area contributed by atoms with E-state index in [0.29, 0.717) is 0 Å². The fourth-order valence-corrected chi connectivity index (χ4v) is 0. The average molecular weight is 120 g/mol. The second-order valence-electron chi connectivity index (χ2n) is 1.49. The smallest absolute Gasteiger partial charge is 0.305 e. The Balaban J connectivity index is 0. The number of aliphatic carboxylic acids is 1. The highest BCUT2D eigenvalue weighted by Gasteiger charge is 1.99. The number of carboxylic acid groups (broad SMARTS) is 1. The maximum atomic E-state index is 9.70. The lowest BCUT2D eigenvalue weighted by atomic mass is 10.2. The fourth-order valence-electron chi connectivity index (χ4n) is 0. The molecule has 0 aliphatic carbocycles. The van der Waals surface area contributed by atoms with Crippen LogP contribution < -0.4 is 0 Å². The largest absolute Gasteiger partial charge is 0.481 e. The van der Waals surface area contributed by atoms with Gasteiger partial charge in [0.1, 0.15) is 0 Å². The van der Waals surface area contributed by atoms with Crippen molar-refractivity contribution in [1.82, 2.24) is 0 Å². The fraction of sp³-hybridized carbons (Fsp3) is 0.800. The van der Waals surface area contributed by atoms with E-state index in [9.17, 15) is 4.79 Å². The van der Waals surface area contributed by atoms with Crippen LogP contribution >= 0.6 is 0 Å². The first kappa shape index (κ1) is 10.4. The van der Waals surface area contributed by atoms with Crippen LogP contribution in [0.4, 0.5) is 0 Å². The van der Waals surface area contributed by atoms with Crippen molar-refractivity contribution in [3.8, 4) is 0 Å². The van der Waals surface area contributed by atoms with E-state index < -0.39 is 5.97 Å². The van der Waals surface area contributed by atoms with Crippen molar-refractivity contribution < 1.29 is 15.0 Å². The van der Waals surface area contributed by atoms with Gasteiger partial charge in [0.25, 0.3) is 0 Å². The third kappa shape index (κ3) is 9.06. The maximum absolute atomic E-state index is 9.70. The van der Waals surface area contributed by atoms with Gasteiger partial charge in [0.05, 0.1) is 5.92 Å². The van der Waals surface area contributed by atoms with Crippen molar-refractivity contribution in [1.29, 1.82) is 0 Å². The number of aliphatic hydroxyl groups excluding tert-OH is 1. The molecular formula is C5H12O3. The number of rotatable bonds is 1. The van der Waals surface area contributed by atoms with Crippen LogP contribution in [0.15, 0.2) is 0 Å². The van der Waals surface area contributed by atoms with E-state index in [1.807, 2.05) is 0 Å².